The summed E-state index contributed by atoms with van der Waals surface area (Å²) in [5.74, 6) is 2.61. The molecule has 1 aliphatic rings. The molecular formula is C23H28N4O2. The zero-order chi connectivity index (χ0) is 20.1. The lowest BCUT2D eigenvalue weighted by Gasteiger charge is -2.34. The minimum absolute atomic E-state index is 0.230. The molecule has 6 nitrogen and oxygen atoms in total. The molecule has 0 unspecified atom stereocenters. The predicted molar refractivity (Wildman–Crippen MR) is 113 cm³/mol. The number of aromatic nitrogens is 3. The number of anilines is 1. The molecule has 0 amide bonds. The lowest BCUT2D eigenvalue weighted by atomic mass is 9.92. The van der Waals surface area contributed by atoms with Crippen LogP contribution in [0.2, 0.25) is 0 Å². The van der Waals surface area contributed by atoms with Gasteiger partial charge >= 0.3 is 0 Å². The molecule has 3 heterocycles. The van der Waals surface area contributed by atoms with Gasteiger partial charge in [0.1, 0.15) is 5.82 Å². The summed E-state index contributed by atoms with van der Waals surface area (Å²) >= 11 is 0. The fourth-order valence-corrected chi connectivity index (χ4v) is 3.88. The standard InChI is InChI=1S/C23H28N4O2/c1-17(28)19-12-14-27(15-13-19)22-11-10-20(16-24-22)23-25-21(26-29-23)9-5-8-18-6-3-2-4-7-18/h2-4,6-7,10-11,16-17,19,28H,5,8-9,12-15H2,1H3/t17-/m1/s1. The lowest BCUT2D eigenvalue weighted by Crippen LogP contribution is -2.37. The van der Waals surface area contributed by atoms with Crippen LogP contribution in [0.4, 0.5) is 5.82 Å². The minimum Gasteiger partial charge on any atom is -0.393 e. The maximum Gasteiger partial charge on any atom is 0.259 e. The molecule has 2 aromatic heterocycles. The molecule has 3 aromatic rings. The SMILES string of the molecule is C[C@@H](O)C1CCN(c2ccc(-c3nc(CCCc4ccccc4)no3)cn2)CC1. The molecule has 1 atom stereocenters. The van der Waals surface area contributed by atoms with Crippen LogP contribution in [-0.4, -0.2) is 39.4 Å². The van der Waals surface area contributed by atoms with Crippen molar-refractivity contribution in [2.45, 2.75) is 45.1 Å². The second kappa shape index (κ2) is 9.18. The second-order valence-electron chi connectivity index (χ2n) is 7.83. The summed E-state index contributed by atoms with van der Waals surface area (Å²) in [7, 11) is 0. The number of hydrogen-bond acceptors (Lipinski definition) is 6. The van der Waals surface area contributed by atoms with Crippen LogP contribution < -0.4 is 4.90 Å². The normalized spacial score (nSPS) is 16.1. The van der Waals surface area contributed by atoms with Crippen LogP contribution >= 0.6 is 0 Å². The van der Waals surface area contributed by atoms with Crippen LogP contribution in [0.25, 0.3) is 11.5 Å². The summed E-state index contributed by atoms with van der Waals surface area (Å²) in [6, 6.07) is 14.4. The van der Waals surface area contributed by atoms with E-state index in [0.29, 0.717) is 11.8 Å². The maximum absolute atomic E-state index is 9.75. The smallest absolute Gasteiger partial charge is 0.259 e. The van der Waals surface area contributed by atoms with Gasteiger partial charge in [-0.2, -0.15) is 4.98 Å². The molecule has 1 saturated heterocycles. The van der Waals surface area contributed by atoms with Crippen molar-refractivity contribution < 1.29 is 9.63 Å². The van der Waals surface area contributed by atoms with Gasteiger partial charge in [0.2, 0.25) is 0 Å². The Bertz CT molecular complexity index is 885. The first-order valence-electron chi connectivity index (χ1n) is 10.4. The number of rotatable bonds is 7. The van der Waals surface area contributed by atoms with Crippen molar-refractivity contribution in [3.63, 3.8) is 0 Å². The molecule has 0 bridgehead atoms. The zero-order valence-electron chi connectivity index (χ0n) is 16.9. The van der Waals surface area contributed by atoms with E-state index in [1.165, 1.54) is 5.56 Å². The van der Waals surface area contributed by atoms with Crippen molar-refractivity contribution in [1.82, 2.24) is 15.1 Å². The van der Waals surface area contributed by atoms with Gasteiger partial charge < -0.3 is 14.5 Å². The summed E-state index contributed by atoms with van der Waals surface area (Å²) in [5.41, 5.74) is 2.17. The molecule has 29 heavy (non-hydrogen) atoms. The molecule has 152 valence electrons. The fraction of sp³-hybridized carbons (Fsp3) is 0.435. The van der Waals surface area contributed by atoms with E-state index < -0.39 is 0 Å². The topological polar surface area (TPSA) is 75.3 Å². The van der Waals surface area contributed by atoms with Gasteiger partial charge in [0.25, 0.3) is 5.89 Å². The number of aryl methyl sites for hydroxylation is 2. The van der Waals surface area contributed by atoms with E-state index in [0.717, 1.165) is 62.4 Å². The molecule has 0 aliphatic carbocycles. The summed E-state index contributed by atoms with van der Waals surface area (Å²) in [4.78, 5) is 11.4. The van der Waals surface area contributed by atoms with Gasteiger partial charge in [0, 0.05) is 25.7 Å². The van der Waals surface area contributed by atoms with E-state index in [4.69, 9.17) is 4.52 Å². The molecule has 6 heteroatoms. The summed E-state index contributed by atoms with van der Waals surface area (Å²) < 4.78 is 5.44. The molecular weight excluding hydrogens is 364 g/mol. The Morgan fingerprint density at radius 3 is 2.59 bits per heavy atom. The third-order valence-electron chi connectivity index (χ3n) is 5.72. The van der Waals surface area contributed by atoms with E-state index >= 15 is 0 Å². The Morgan fingerprint density at radius 1 is 1.10 bits per heavy atom. The number of benzene rings is 1. The highest BCUT2D eigenvalue weighted by Crippen LogP contribution is 2.25. The van der Waals surface area contributed by atoms with Crippen LogP contribution in [0.3, 0.4) is 0 Å². The van der Waals surface area contributed by atoms with Crippen molar-refractivity contribution in [3.8, 4) is 11.5 Å². The Hall–Kier alpha value is -2.73. The molecule has 1 aromatic carbocycles. The average Bonchev–Trinajstić information content (AvgIpc) is 3.24. The monoisotopic (exact) mass is 392 g/mol. The molecule has 0 spiro atoms. The summed E-state index contributed by atoms with van der Waals surface area (Å²) in [6.45, 7) is 3.73. The molecule has 1 fully saturated rings. The quantitative estimate of drug-likeness (QED) is 0.657. The van der Waals surface area contributed by atoms with Gasteiger partial charge in [0.15, 0.2) is 5.82 Å². The molecule has 1 N–H and O–H groups in total. The van der Waals surface area contributed by atoms with Crippen molar-refractivity contribution in [1.29, 1.82) is 0 Å². The van der Waals surface area contributed by atoms with E-state index in [1.807, 2.05) is 25.1 Å². The fourth-order valence-electron chi connectivity index (χ4n) is 3.88. The molecule has 1 aliphatic heterocycles. The molecule has 0 saturated carbocycles. The van der Waals surface area contributed by atoms with Crippen LogP contribution in [0.15, 0.2) is 53.2 Å². The lowest BCUT2D eigenvalue weighted by molar-refractivity contribution is 0.110. The van der Waals surface area contributed by atoms with Crippen molar-refractivity contribution in [2.75, 3.05) is 18.0 Å². The van der Waals surface area contributed by atoms with Crippen LogP contribution in [0.5, 0.6) is 0 Å². The number of aliphatic hydroxyl groups excluding tert-OH is 1. The van der Waals surface area contributed by atoms with Crippen molar-refractivity contribution in [2.24, 2.45) is 5.92 Å². The van der Waals surface area contributed by atoms with E-state index in [-0.39, 0.29) is 6.10 Å². The summed E-state index contributed by atoms with van der Waals surface area (Å²) in [5, 5.41) is 13.9. The Balaban J connectivity index is 1.31. The summed E-state index contributed by atoms with van der Waals surface area (Å²) in [6.07, 6.45) is 6.36. The van der Waals surface area contributed by atoms with Gasteiger partial charge in [-0.05, 0) is 56.2 Å². The highest BCUT2D eigenvalue weighted by Gasteiger charge is 2.23. The van der Waals surface area contributed by atoms with Gasteiger partial charge in [-0.15, -0.1) is 0 Å². The maximum atomic E-state index is 9.75. The first-order valence-corrected chi connectivity index (χ1v) is 10.4. The predicted octanol–water partition coefficient (Wildman–Crippen LogP) is 3.90. The van der Waals surface area contributed by atoms with Gasteiger partial charge in [0.05, 0.1) is 11.7 Å². The average molecular weight is 393 g/mol. The highest BCUT2D eigenvalue weighted by molar-refractivity contribution is 5.54. The third kappa shape index (κ3) is 5.01. The highest BCUT2D eigenvalue weighted by atomic mass is 16.5. The first-order chi connectivity index (χ1) is 14.2. The van der Waals surface area contributed by atoms with Crippen LogP contribution in [-0.2, 0) is 12.8 Å². The number of nitrogens with zero attached hydrogens (tertiary/aromatic N) is 4. The zero-order valence-corrected chi connectivity index (χ0v) is 16.9. The van der Waals surface area contributed by atoms with E-state index in [9.17, 15) is 5.11 Å². The van der Waals surface area contributed by atoms with Crippen molar-refractivity contribution in [3.05, 3.63) is 60.0 Å². The number of piperidine rings is 1. The number of aliphatic hydroxyl groups is 1. The van der Waals surface area contributed by atoms with Gasteiger partial charge in [-0.3, -0.25) is 0 Å². The number of pyridine rings is 1. The largest absolute Gasteiger partial charge is 0.393 e. The first kappa shape index (κ1) is 19.6. The molecule has 0 radical (unpaired) electrons. The van der Waals surface area contributed by atoms with E-state index in [2.05, 4.69) is 44.3 Å². The minimum atomic E-state index is -0.230. The number of hydrogen-bond donors (Lipinski definition) is 1. The van der Waals surface area contributed by atoms with Gasteiger partial charge in [-0.25, -0.2) is 4.98 Å². The van der Waals surface area contributed by atoms with Crippen LogP contribution in [0.1, 0.15) is 37.6 Å². The molecule has 4 rings (SSSR count). The Kier molecular flexibility index (Phi) is 6.20. The van der Waals surface area contributed by atoms with E-state index in [1.54, 1.807) is 6.20 Å². The third-order valence-corrected chi connectivity index (χ3v) is 5.72. The van der Waals surface area contributed by atoms with Crippen molar-refractivity contribution >= 4 is 5.82 Å². The second-order valence-corrected chi connectivity index (χ2v) is 7.83. The Morgan fingerprint density at radius 2 is 1.90 bits per heavy atom. The Labute approximate surface area is 171 Å². The van der Waals surface area contributed by atoms with Crippen LogP contribution in [0, 0.1) is 5.92 Å². The van der Waals surface area contributed by atoms with Gasteiger partial charge in [-0.1, -0.05) is 35.5 Å².